The standard InChI is InChI=1S/C37H44N3O6/c1-25(2)24-46-37(42)34-27(4)40(5,21-19-32(28-13-8-6-9-14-28)29-15-10-7-11-16-29)26(3)33(36(41)45-22-20-38)35(34)30-17-12-18-31(23-30)39(43)44/h6-18,23,25,32,35H,19-22,24,38H2,1-5H3/q+1. The molecule has 1 aliphatic rings. The zero-order chi connectivity index (χ0) is 33.4. The molecule has 0 amide bonds. The SMILES string of the molecule is CC1=C(C(=O)OCCN)C(c2cccc([N+](=O)[O-])c2)C(C(=O)OCC(C)C)=C(C)[N+]1(C)CCC(c1ccccc1)c1ccccc1. The summed E-state index contributed by atoms with van der Waals surface area (Å²) >= 11 is 0. The number of nitro groups is 1. The number of quaternary nitrogens is 1. The Hall–Kier alpha value is -4.60. The molecule has 1 aliphatic heterocycles. The highest BCUT2D eigenvalue weighted by Gasteiger charge is 2.48. The molecule has 2 unspecified atom stereocenters. The minimum absolute atomic E-state index is 0.0130. The van der Waals surface area contributed by atoms with E-state index in [9.17, 15) is 19.7 Å². The quantitative estimate of drug-likeness (QED) is 0.0981. The molecule has 3 aromatic rings. The fourth-order valence-corrected chi connectivity index (χ4v) is 6.20. The number of nitrogens with two attached hydrogens (primary N) is 1. The van der Waals surface area contributed by atoms with Gasteiger partial charge < -0.3 is 15.2 Å². The summed E-state index contributed by atoms with van der Waals surface area (Å²) in [5.41, 5.74) is 10.2. The van der Waals surface area contributed by atoms with Gasteiger partial charge in [0.25, 0.3) is 5.69 Å². The Balaban J connectivity index is 1.91. The Morgan fingerprint density at radius 2 is 1.41 bits per heavy atom. The maximum Gasteiger partial charge on any atom is 0.340 e. The van der Waals surface area contributed by atoms with Crippen molar-refractivity contribution in [3.63, 3.8) is 0 Å². The van der Waals surface area contributed by atoms with Gasteiger partial charge in [-0.05, 0) is 22.6 Å². The lowest BCUT2D eigenvalue weighted by atomic mass is 9.78. The van der Waals surface area contributed by atoms with E-state index in [1.54, 1.807) is 12.1 Å². The smallest absolute Gasteiger partial charge is 0.340 e. The molecule has 0 bridgehead atoms. The summed E-state index contributed by atoms with van der Waals surface area (Å²) in [6.07, 6.45) is 0.695. The molecule has 2 N–H and O–H groups in total. The number of carbonyl (C=O) groups excluding carboxylic acids is 2. The van der Waals surface area contributed by atoms with E-state index in [1.807, 2.05) is 71.1 Å². The van der Waals surface area contributed by atoms with Gasteiger partial charge in [-0.2, -0.15) is 0 Å². The number of hydrogen-bond acceptors (Lipinski definition) is 7. The third-order valence-corrected chi connectivity index (χ3v) is 8.86. The number of esters is 2. The second-order valence-corrected chi connectivity index (χ2v) is 12.3. The second kappa shape index (κ2) is 15.1. The van der Waals surface area contributed by atoms with Crippen LogP contribution in [0.25, 0.3) is 0 Å². The highest BCUT2D eigenvalue weighted by atomic mass is 16.6. The molecule has 0 saturated heterocycles. The first-order chi connectivity index (χ1) is 22.0. The highest BCUT2D eigenvalue weighted by Crippen LogP contribution is 2.47. The first-order valence-electron chi connectivity index (χ1n) is 15.7. The van der Waals surface area contributed by atoms with E-state index in [4.69, 9.17) is 15.2 Å². The molecule has 0 radical (unpaired) electrons. The molecule has 0 aromatic heterocycles. The molecule has 1 heterocycles. The van der Waals surface area contributed by atoms with Crippen LogP contribution in [0.1, 0.15) is 62.6 Å². The van der Waals surface area contributed by atoms with Gasteiger partial charge in [0.1, 0.15) is 29.1 Å². The van der Waals surface area contributed by atoms with E-state index in [0.717, 1.165) is 11.1 Å². The topological polar surface area (TPSA) is 122 Å². The van der Waals surface area contributed by atoms with Gasteiger partial charge in [0.2, 0.25) is 0 Å². The molecule has 9 nitrogen and oxygen atoms in total. The van der Waals surface area contributed by atoms with Crippen molar-refractivity contribution in [3.05, 3.63) is 134 Å². The molecule has 4 rings (SSSR count). The molecule has 0 saturated carbocycles. The predicted molar refractivity (Wildman–Crippen MR) is 177 cm³/mol. The largest absolute Gasteiger partial charge is 0.462 e. The Morgan fingerprint density at radius 1 is 0.870 bits per heavy atom. The third kappa shape index (κ3) is 7.43. The number of nitrogens with zero attached hydrogens (tertiary/aromatic N) is 2. The Bertz CT molecular complexity index is 1580. The van der Waals surface area contributed by atoms with Gasteiger partial charge in [0.05, 0.1) is 31.0 Å². The van der Waals surface area contributed by atoms with Crippen molar-refractivity contribution >= 4 is 17.6 Å². The number of benzene rings is 3. The molecule has 9 heteroatoms. The fraction of sp³-hybridized carbons (Fsp3) is 0.351. The van der Waals surface area contributed by atoms with E-state index in [-0.39, 0.29) is 52.9 Å². The Labute approximate surface area is 271 Å². The van der Waals surface area contributed by atoms with Crippen LogP contribution in [0.5, 0.6) is 0 Å². The lowest BCUT2D eigenvalue weighted by Crippen LogP contribution is -2.48. The summed E-state index contributed by atoms with van der Waals surface area (Å²) in [5.74, 6) is -1.99. The normalized spacial score (nSPS) is 18.2. The van der Waals surface area contributed by atoms with Crippen molar-refractivity contribution in [1.29, 1.82) is 0 Å². The number of nitro benzene ring substituents is 1. The number of ether oxygens (including phenoxy) is 2. The molecule has 0 aliphatic carbocycles. The van der Waals surface area contributed by atoms with Gasteiger partial charge in [-0.1, -0.05) is 86.6 Å². The van der Waals surface area contributed by atoms with E-state index < -0.39 is 22.8 Å². The minimum Gasteiger partial charge on any atom is -0.462 e. The summed E-state index contributed by atoms with van der Waals surface area (Å²) in [4.78, 5) is 39.3. The second-order valence-electron chi connectivity index (χ2n) is 12.3. The lowest BCUT2D eigenvalue weighted by molar-refractivity contribution is -0.836. The number of hydrogen-bond donors (Lipinski definition) is 1. The van der Waals surface area contributed by atoms with Crippen molar-refractivity contribution in [2.24, 2.45) is 11.7 Å². The summed E-state index contributed by atoms with van der Waals surface area (Å²) < 4.78 is 11.6. The van der Waals surface area contributed by atoms with E-state index in [2.05, 4.69) is 24.3 Å². The monoisotopic (exact) mass is 626 g/mol. The molecular weight excluding hydrogens is 582 g/mol. The predicted octanol–water partition coefficient (Wildman–Crippen LogP) is 6.61. The zero-order valence-corrected chi connectivity index (χ0v) is 27.3. The Morgan fingerprint density at radius 3 is 1.91 bits per heavy atom. The molecular formula is C37H44N3O6+. The molecule has 0 fully saturated rings. The zero-order valence-electron chi connectivity index (χ0n) is 27.3. The van der Waals surface area contributed by atoms with Crippen molar-refractivity contribution in [2.75, 3.05) is 33.4 Å². The molecule has 2 atom stereocenters. The Kier molecular flexibility index (Phi) is 11.3. The van der Waals surface area contributed by atoms with Crippen LogP contribution in [0.15, 0.2) is 107 Å². The molecule has 46 heavy (non-hydrogen) atoms. The van der Waals surface area contributed by atoms with Gasteiger partial charge in [-0.25, -0.2) is 9.59 Å². The van der Waals surface area contributed by atoms with Gasteiger partial charge in [-0.3, -0.25) is 14.6 Å². The average molecular weight is 627 g/mol. The van der Waals surface area contributed by atoms with E-state index in [1.165, 1.54) is 12.1 Å². The van der Waals surface area contributed by atoms with Crippen molar-refractivity contribution in [2.45, 2.75) is 46.0 Å². The fourth-order valence-electron chi connectivity index (χ4n) is 6.20. The van der Waals surface area contributed by atoms with Crippen molar-refractivity contribution in [3.8, 4) is 0 Å². The van der Waals surface area contributed by atoms with Crippen LogP contribution in [0.2, 0.25) is 0 Å². The highest BCUT2D eigenvalue weighted by molar-refractivity contribution is 5.99. The van der Waals surface area contributed by atoms with Crippen LogP contribution in [0, 0.1) is 16.0 Å². The number of carbonyl (C=O) groups is 2. The van der Waals surface area contributed by atoms with Gasteiger partial charge in [0, 0.05) is 44.9 Å². The number of rotatable bonds is 13. The molecule has 3 aromatic carbocycles. The first kappa shape index (κ1) is 34.3. The third-order valence-electron chi connectivity index (χ3n) is 8.86. The average Bonchev–Trinajstić information content (AvgIpc) is 3.06. The van der Waals surface area contributed by atoms with Crippen molar-refractivity contribution < 1.29 is 28.5 Å². The molecule has 242 valence electrons. The van der Waals surface area contributed by atoms with Crippen LogP contribution in [0.3, 0.4) is 0 Å². The molecule has 0 spiro atoms. The first-order valence-corrected chi connectivity index (χ1v) is 15.7. The maximum absolute atomic E-state index is 14.1. The summed E-state index contributed by atoms with van der Waals surface area (Å²) in [6.45, 7) is 8.50. The van der Waals surface area contributed by atoms with Gasteiger partial charge in [0.15, 0.2) is 0 Å². The van der Waals surface area contributed by atoms with Gasteiger partial charge in [-0.15, -0.1) is 0 Å². The number of allylic oxidation sites excluding steroid dienone is 2. The minimum atomic E-state index is -0.935. The van der Waals surface area contributed by atoms with Gasteiger partial charge >= 0.3 is 11.9 Å². The van der Waals surface area contributed by atoms with Crippen LogP contribution in [-0.4, -0.2) is 54.7 Å². The lowest BCUT2D eigenvalue weighted by Gasteiger charge is -2.43. The van der Waals surface area contributed by atoms with E-state index in [0.29, 0.717) is 29.9 Å². The van der Waals surface area contributed by atoms with E-state index >= 15 is 0 Å². The van der Waals surface area contributed by atoms with Crippen LogP contribution >= 0.6 is 0 Å². The van der Waals surface area contributed by atoms with Crippen LogP contribution in [0.4, 0.5) is 5.69 Å². The summed E-state index contributed by atoms with van der Waals surface area (Å²) in [7, 11) is 1.99. The summed E-state index contributed by atoms with van der Waals surface area (Å²) in [5, 5.41) is 11.8. The van der Waals surface area contributed by atoms with Crippen LogP contribution < -0.4 is 5.73 Å². The summed E-state index contributed by atoms with van der Waals surface area (Å²) in [6, 6.07) is 26.6. The van der Waals surface area contributed by atoms with Crippen molar-refractivity contribution in [1.82, 2.24) is 0 Å². The maximum atomic E-state index is 14.1. The van der Waals surface area contributed by atoms with Crippen LogP contribution in [-0.2, 0) is 19.1 Å². The number of non-ortho nitro benzene ring substituents is 1.